The third-order valence-electron chi connectivity index (χ3n) is 3.79. The highest BCUT2D eigenvalue weighted by Crippen LogP contribution is 2.39. The number of anilines is 2. The second-order valence-corrected chi connectivity index (χ2v) is 6.07. The summed E-state index contributed by atoms with van der Waals surface area (Å²) in [7, 11) is 0. The molecule has 0 atom stereocenters. The maximum Gasteiger partial charge on any atom is 0.136 e. The Labute approximate surface area is 116 Å². The highest BCUT2D eigenvalue weighted by molar-refractivity contribution is 5.58. The van der Waals surface area contributed by atoms with Crippen molar-refractivity contribution < 1.29 is 0 Å². The van der Waals surface area contributed by atoms with Crippen molar-refractivity contribution in [3.63, 3.8) is 0 Å². The van der Waals surface area contributed by atoms with E-state index in [1.807, 2.05) is 0 Å². The molecule has 1 fully saturated rings. The third kappa shape index (κ3) is 3.37. The maximum absolute atomic E-state index is 4.75. The minimum absolute atomic E-state index is 0.0589. The van der Waals surface area contributed by atoms with Crippen LogP contribution in [0, 0.1) is 6.92 Å². The van der Waals surface area contributed by atoms with Crippen molar-refractivity contribution in [3.8, 4) is 0 Å². The molecule has 0 radical (unpaired) electrons. The van der Waals surface area contributed by atoms with E-state index in [4.69, 9.17) is 4.98 Å². The van der Waals surface area contributed by atoms with Gasteiger partial charge in [0.25, 0.3) is 0 Å². The van der Waals surface area contributed by atoms with Gasteiger partial charge in [-0.25, -0.2) is 9.97 Å². The Kier molecular flexibility index (Phi) is 3.97. The summed E-state index contributed by atoms with van der Waals surface area (Å²) in [6, 6.07) is 0. The highest BCUT2D eigenvalue weighted by atomic mass is 15.1. The van der Waals surface area contributed by atoms with Crippen LogP contribution in [0.2, 0.25) is 0 Å². The lowest BCUT2D eigenvalue weighted by atomic mass is 10.0. The minimum Gasteiger partial charge on any atom is -0.370 e. The Morgan fingerprint density at radius 2 is 1.79 bits per heavy atom. The van der Waals surface area contributed by atoms with Crippen molar-refractivity contribution in [2.75, 3.05) is 17.2 Å². The number of nitrogens with one attached hydrogen (secondary N) is 2. The van der Waals surface area contributed by atoms with Gasteiger partial charge >= 0.3 is 0 Å². The van der Waals surface area contributed by atoms with Gasteiger partial charge in [0.05, 0.1) is 0 Å². The van der Waals surface area contributed by atoms with Crippen LogP contribution in [0.4, 0.5) is 11.6 Å². The molecule has 0 unspecified atom stereocenters. The second-order valence-electron chi connectivity index (χ2n) is 6.07. The first-order valence-corrected chi connectivity index (χ1v) is 7.37. The zero-order valence-electron chi connectivity index (χ0n) is 12.8. The van der Waals surface area contributed by atoms with E-state index < -0.39 is 0 Å². The quantitative estimate of drug-likeness (QED) is 0.821. The van der Waals surface area contributed by atoms with Crippen molar-refractivity contribution in [1.82, 2.24) is 9.97 Å². The van der Waals surface area contributed by atoms with Crippen molar-refractivity contribution in [3.05, 3.63) is 11.4 Å². The Bertz CT molecular complexity index is 450. The largest absolute Gasteiger partial charge is 0.370 e. The van der Waals surface area contributed by atoms with Gasteiger partial charge in [-0.3, -0.25) is 0 Å². The summed E-state index contributed by atoms with van der Waals surface area (Å²) in [5.74, 6) is 3.53. The summed E-state index contributed by atoms with van der Waals surface area (Å²) in [5, 5.41) is 6.92. The number of rotatable bonds is 6. The second kappa shape index (κ2) is 5.35. The fraction of sp³-hybridized carbons (Fsp3) is 0.733. The van der Waals surface area contributed by atoms with Crippen LogP contribution in [0.25, 0.3) is 0 Å². The number of hydrogen-bond acceptors (Lipinski definition) is 4. The van der Waals surface area contributed by atoms with Crippen LogP contribution in [0.3, 0.4) is 0 Å². The molecule has 0 aromatic carbocycles. The van der Waals surface area contributed by atoms with E-state index in [2.05, 4.69) is 50.2 Å². The van der Waals surface area contributed by atoms with Crippen LogP contribution in [0.15, 0.2) is 0 Å². The summed E-state index contributed by atoms with van der Waals surface area (Å²) in [6.45, 7) is 11.7. The smallest absolute Gasteiger partial charge is 0.136 e. The summed E-state index contributed by atoms with van der Waals surface area (Å²) in [4.78, 5) is 9.43. The highest BCUT2D eigenvalue weighted by Gasteiger charge is 2.29. The molecule has 1 aliphatic rings. The molecule has 2 N–H and O–H groups in total. The molecule has 19 heavy (non-hydrogen) atoms. The van der Waals surface area contributed by atoms with Crippen LogP contribution >= 0.6 is 0 Å². The van der Waals surface area contributed by atoms with Gasteiger partial charge in [-0.1, -0.05) is 6.92 Å². The van der Waals surface area contributed by atoms with E-state index in [1.54, 1.807) is 0 Å². The molecule has 0 bridgehead atoms. The topological polar surface area (TPSA) is 49.8 Å². The molecular weight excluding hydrogens is 236 g/mol. The molecule has 1 aliphatic carbocycles. The van der Waals surface area contributed by atoms with Gasteiger partial charge in [-0.05, 0) is 47.0 Å². The molecule has 2 rings (SSSR count). The van der Waals surface area contributed by atoms with Crippen molar-refractivity contribution in [2.24, 2.45) is 0 Å². The molecule has 1 aromatic heterocycles. The third-order valence-corrected chi connectivity index (χ3v) is 3.79. The van der Waals surface area contributed by atoms with Gasteiger partial charge in [0, 0.05) is 23.6 Å². The Hall–Kier alpha value is -1.32. The SMILES string of the molecule is CCNc1nc(C2CC2)nc(NC(C)(C)CC)c1C. The van der Waals surface area contributed by atoms with Crippen molar-refractivity contribution in [1.29, 1.82) is 0 Å². The Balaban J connectivity index is 2.34. The lowest BCUT2D eigenvalue weighted by molar-refractivity contribution is 0.543. The van der Waals surface area contributed by atoms with Crippen LogP contribution in [-0.2, 0) is 0 Å². The molecule has 0 amide bonds. The predicted molar refractivity (Wildman–Crippen MR) is 80.9 cm³/mol. The lowest BCUT2D eigenvalue weighted by Crippen LogP contribution is -2.31. The molecule has 4 nitrogen and oxygen atoms in total. The standard InChI is InChI=1S/C15H26N4/c1-6-15(4,5)19-13-10(3)12(16-7-2)17-14(18-13)11-8-9-11/h11H,6-9H2,1-5H3,(H2,16,17,18,19). The zero-order chi connectivity index (χ0) is 14.0. The monoisotopic (exact) mass is 262 g/mol. The van der Waals surface area contributed by atoms with Gasteiger partial charge < -0.3 is 10.6 Å². The summed E-state index contributed by atoms with van der Waals surface area (Å²) < 4.78 is 0. The van der Waals surface area contributed by atoms with E-state index in [0.29, 0.717) is 5.92 Å². The fourth-order valence-corrected chi connectivity index (χ4v) is 1.93. The Morgan fingerprint density at radius 1 is 1.16 bits per heavy atom. The van der Waals surface area contributed by atoms with Gasteiger partial charge in [-0.15, -0.1) is 0 Å². The molecule has 0 saturated heterocycles. The summed E-state index contributed by atoms with van der Waals surface area (Å²) in [5.41, 5.74) is 1.18. The molecule has 1 heterocycles. The molecule has 0 spiro atoms. The van der Waals surface area contributed by atoms with Gasteiger partial charge in [-0.2, -0.15) is 0 Å². The van der Waals surface area contributed by atoms with Crippen LogP contribution in [-0.4, -0.2) is 22.1 Å². The molecule has 0 aliphatic heterocycles. The van der Waals surface area contributed by atoms with E-state index in [9.17, 15) is 0 Å². The molecule has 4 heteroatoms. The first-order valence-electron chi connectivity index (χ1n) is 7.37. The van der Waals surface area contributed by atoms with E-state index >= 15 is 0 Å². The fourth-order valence-electron chi connectivity index (χ4n) is 1.93. The van der Waals surface area contributed by atoms with Crippen molar-refractivity contribution in [2.45, 2.75) is 65.3 Å². The average molecular weight is 262 g/mol. The molecular formula is C15H26N4. The Morgan fingerprint density at radius 3 is 2.32 bits per heavy atom. The first kappa shape index (κ1) is 14.1. The average Bonchev–Trinajstić information content (AvgIpc) is 3.18. The number of aromatic nitrogens is 2. The normalized spacial score (nSPS) is 15.4. The van der Waals surface area contributed by atoms with Gasteiger partial charge in [0.15, 0.2) is 0 Å². The van der Waals surface area contributed by atoms with Gasteiger partial charge in [0.2, 0.25) is 0 Å². The van der Waals surface area contributed by atoms with Crippen LogP contribution in [0.5, 0.6) is 0 Å². The first-order chi connectivity index (χ1) is 8.96. The molecule has 1 aromatic rings. The zero-order valence-corrected chi connectivity index (χ0v) is 12.8. The summed E-state index contributed by atoms with van der Waals surface area (Å²) in [6.07, 6.45) is 3.52. The minimum atomic E-state index is 0.0589. The predicted octanol–water partition coefficient (Wildman–Crippen LogP) is 3.69. The van der Waals surface area contributed by atoms with Gasteiger partial charge in [0.1, 0.15) is 17.5 Å². The van der Waals surface area contributed by atoms with E-state index in [0.717, 1.165) is 36.0 Å². The van der Waals surface area contributed by atoms with E-state index in [1.165, 1.54) is 12.8 Å². The summed E-state index contributed by atoms with van der Waals surface area (Å²) >= 11 is 0. The lowest BCUT2D eigenvalue weighted by Gasteiger charge is -2.27. The number of nitrogens with zero attached hydrogens (tertiary/aromatic N) is 2. The molecule has 106 valence electrons. The maximum atomic E-state index is 4.75. The number of hydrogen-bond donors (Lipinski definition) is 2. The molecule has 1 saturated carbocycles. The van der Waals surface area contributed by atoms with Crippen LogP contribution in [0.1, 0.15) is 64.3 Å². The van der Waals surface area contributed by atoms with E-state index in [-0.39, 0.29) is 5.54 Å². The van der Waals surface area contributed by atoms with Crippen molar-refractivity contribution >= 4 is 11.6 Å². The van der Waals surface area contributed by atoms with Crippen LogP contribution < -0.4 is 10.6 Å².